The molecule has 144 valence electrons. The summed E-state index contributed by atoms with van der Waals surface area (Å²) >= 11 is 1.45. The van der Waals surface area contributed by atoms with Crippen molar-refractivity contribution in [3.63, 3.8) is 0 Å². The molecular weight excluding hydrogens is 374 g/mol. The van der Waals surface area contributed by atoms with E-state index in [9.17, 15) is 4.79 Å². The van der Waals surface area contributed by atoms with Crippen molar-refractivity contribution in [1.29, 1.82) is 0 Å². The standard InChI is InChI=1S/C19H21N7OS/c20-12-2-1-8-26(11-12)16-5-6-22-10-15(16)25-18(27)17-13(21)3-4-14(24-17)19-23-7-9-28-19/h3-7,9-10,12H,1-2,8,11,20-21H2,(H,25,27)/t12-/m0/s1. The average molecular weight is 395 g/mol. The Balaban J connectivity index is 1.60. The minimum absolute atomic E-state index is 0.123. The van der Waals surface area contributed by atoms with Gasteiger partial charge in [0.1, 0.15) is 5.01 Å². The monoisotopic (exact) mass is 395 g/mol. The van der Waals surface area contributed by atoms with E-state index in [0.717, 1.165) is 36.6 Å². The van der Waals surface area contributed by atoms with Crippen LogP contribution in [-0.2, 0) is 0 Å². The SMILES string of the molecule is Nc1ccc(-c2nccs2)nc1C(=O)Nc1cnccc1N1CCC[C@H](N)C1. The van der Waals surface area contributed by atoms with Crippen LogP contribution < -0.4 is 21.7 Å². The predicted octanol–water partition coefficient (Wildman–Crippen LogP) is 2.36. The molecule has 3 aromatic rings. The molecule has 1 aliphatic rings. The summed E-state index contributed by atoms with van der Waals surface area (Å²) < 4.78 is 0. The van der Waals surface area contributed by atoms with Gasteiger partial charge in [0.15, 0.2) is 5.69 Å². The maximum Gasteiger partial charge on any atom is 0.276 e. The van der Waals surface area contributed by atoms with Crippen LogP contribution in [0, 0.1) is 0 Å². The first-order valence-corrected chi connectivity index (χ1v) is 9.92. The molecule has 3 aromatic heterocycles. The number of carbonyl (C=O) groups is 1. The fraction of sp³-hybridized carbons (Fsp3) is 0.263. The average Bonchev–Trinajstić information content (AvgIpc) is 3.23. The van der Waals surface area contributed by atoms with Gasteiger partial charge in [-0.15, -0.1) is 11.3 Å². The highest BCUT2D eigenvalue weighted by Crippen LogP contribution is 2.28. The normalized spacial score (nSPS) is 16.8. The van der Waals surface area contributed by atoms with Gasteiger partial charge in [-0.1, -0.05) is 0 Å². The van der Waals surface area contributed by atoms with E-state index < -0.39 is 0 Å². The maximum absolute atomic E-state index is 12.9. The fourth-order valence-electron chi connectivity index (χ4n) is 3.29. The minimum Gasteiger partial charge on any atom is -0.397 e. The third kappa shape index (κ3) is 3.80. The summed E-state index contributed by atoms with van der Waals surface area (Å²) in [4.78, 5) is 27.9. The molecule has 1 atom stereocenters. The summed E-state index contributed by atoms with van der Waals surface area (Å²) in [6.07, 6.45) is 7.06. The van der Waals surface area contributed by atoms with E-state index >= 15 is 0 Å². The molecule has 0 saturated carbocycles. The molecule has 1 amide bonds. The summed E-state index contributed by atoms with van der Waals surface area (Å²) in [6.45, 7) is 1.63. The largest absolute Gasteiger partial charge is 0.397 e. The van der Waals surface area contributed by atoms with E-state index in [4.69, 9.17) is 11.5 Å². The van der Waals surface area contributed by atoms with Gasteiger partial charge in [0.2, 0.25) is 0 Å². The number of hydrogen-bond donors (Lipinski definition) is 3. The second kappa shape index (κ2) is 7.91. The van der Waals surface area contributed by atoms with Crippen LogP contribution in [0.25, 0.3) is 10.7 Å². The van der Waals surface area contributed by atoms with Gasteiger partial charge in [0.05, 0.1) is 29.0 Å². The number of aromatic nitrogens is 3. The summed E-state index contributed by atoms with van der Waals surface area (Å²) in [5.41, 5.74) is 14.7. The van der Waals surface area contributed by atoms with Crippen LogP contribution in [0.5, 0.6) is 0 Å². The van der Waals surface area contributed by atoms with Crippen molar-refractivity contribution < 1.29 is 4.79 Å². The topological polar surface area (TPSA) is 123 Å². The number of anilines is 3. The smallest absolute Gasteiger partial charge is 0.276 e. The summed E-state index contributed by atoms with van der Waals surface area (Å²) in [5.74, 6) is -0.383. The molecule has 0 unspecified atom stereocenters. The van der Waals surface area contributed by atoms with Crippen LogP contribution in [0.2, 0.25) is 0 Å². The van der Waals surface area contributed by atoms with Crippen LogP contribution >= 0.6 is 11.3 Å². The lowest BCUT2D eigenvalue weighted by Gasteiger charge is -2.33. The van der Waals surface area contributed by atoms with Crippen molar-refractivity contribution in [2.45, 2.75) is 18.9 Å². The highest BCUT2D eigenvalue weighted by molar-refractivity contribution is 7.13. The Morgan fingerprint density at radius 2 is 2.18 bits per heavy atom. The first-order chi connectivity index (χ1) is 13.6. The molecule has 4 rings (SSSR count). The number of hydrogen-bond acceptors (Lipinski definition) is 8. The van der Waals surface area contributed by atoms with E-state index in [1.807, 2.05) is 11.4 Å². The summed E-state index contributed by atoms with van der Waals surface area (Å²) in [5, 5.41) is 5.50. The Kier molecular flexibility index (Phi) is 5.18. The molecule has 0 aliphatic carbocycles. The second-order valence-electron chi connectivity index (χ2n) is 6.67. The van der Waals surface area contributed by atoms with E-state index in [1.165, 1.54) is 11.3 Å². The van der Waals surface area contributed by atoms with Crippen molar-refractivity contribution in [1.82, 2.24) is 15.0 Å². The molecule has 1 saturated heterocycles. The molecule has 1 aliphatic heterocycles. The lowest BCUT2D eigenvalue weighted by Crippen LogP contribution is -2.43. The second-order valence-corrected chi connectivity index (χ2v) is 7.56. The zero-order valence-electron chi connectivity index (χ0n) is 15.2. The van der Waals surface area contributed by atoms with Crippen LogP contribution in [0.3, 0.4) is 0 Å². The highest BCUT2D eigenvalue weighted by Gasteiger charge is 2.21. The number of amides is 1. The zero-order valence-corrected chi connectivity index (χ0v) is 16.0. The van der Waals surface area contributed by atoms with Crippen LogP contribution in [-0.4, -0.2) is 40.0 Å². The number of nitrogen functional groups attached to an aromatic ring is 1. The molecule has 8 nitrogen and oxygen atoms in total. The predicted molar refractivity (Wildman–Crippen MR) is 111 cm³/mol. The molecule has 4 heterocycles. The number of pyridine rings is 2. The summed E-state index contributed by atoms with van der Waals surface area (Å²) in [7, 11) is 0. The van der Waals surface area contributed by atoms with Crippen molar-refractivity contribution in [3.8, 4) is 10.7 Å². The van der Waals surface area contributed by atoms with E-state index in [1.54, 1.807) is 30.7 Å². The number of nitrogens with zero attached hydrogens (tertiary/aromatic N) is 4. The van der Waals surface area contributed by atoms with Gasteiger partial charge >= 0.3 is 0 Å². The van der Waals surface area contributed by atoms with Gasteiger partial charge in [-0.2, -0.15) is 0 Å². The molecule has 0 spiro atoms. The van der Waals surface area contributed by atoms with Gasteiger partial charge in [0.25, 0.3) is 5.91 Å². The van der Waals surface area contributed by atoms with Crippen LogP contribution in [0.15, 0.2) is 42.2 Å². The molecular formula is C19H21N7OS. The summed E-state index contributed by atoms with van der Waals surface area (Å²) in [6, 6.07) is 5.44. The Labute approximate surface area is 166 Å². The third-order valence-electron chi connectivity index (χ3n) is 4.64. The van der Waals surface area contributed by atoms with Gasteiger partial charge in [0, 0.05) is 36.9 Å². The Morgan fingerprint density at radius 3 is 2.96 bits per heavy atom. The number of carbonyl (C=O) groups excluding carboxylic acids is 1. The zero-order chi connectivity index (χ0) is 19.5. The van der Waals surface area contributed by atoms with Gasteiger partial charge < -0.3 is 21.7 Å². The molecule has 0 aromatic carbocycles. The van der Waals surface area contributed by atoms with E-state index in [0.29, 0.717) is 17.1 Å². The highest BCUT2D eigenvalue weighted by atomic mass is 32.1. The molecule has 1 fully saturated rings. The number of piperidine rings is 1. The first kappa shape index (κ1) is 18.3. The van der Waals surface area contributed by atoms with Crippen molar-refractivity contribution >= 4 is 34.3 Å². The lowest BCUT2D eigenvalue weighted by molar-refractivity contribution is 0.102. The number of nitrogens with one attached hydrogen (secondary N) is 1. The number of rotatable bonds is 4. The van der Waals surface area contributed by atoms with Gasteiger partial charge in [-0.05, 0) is 31.0 Å². The maximum atomic E-state index is 12.9. The number of thiazole rings is 1. The molecule has 5 N–H and O–H groups in total. The van der Waals surface area contributed by atoms with Gasteiger partial charge in [-0.25, -0.2) is 9.97 Å². The first-order valence-electron chi connectivity index (χ1n) is 9.04. The minimum atomic E-state index is -0.383. The van der Waals surface area contributed by atoms with Crippen molar-refractivity contribution in [2.75, 3.05) is 29.0 Å². The van der Waals surface area contributed by atoms with E-state index in [2.05, 4.69) is 25.2 Å². The Morgan fingerprint density at radius 1 is 1.29 bits per heavy atom. The van der Waals surface area contributed by atoms with Crippen molar-refractivity contribution in [3.05, 3.63) is 47.9 Å². The quantitative estimate of drug-likeness (QED) is 0.619. The van der Waals surface area contributed by atoms with Crippen LogP contribution in [0.4, 0.5) is 17.1 Å². The number of nitrogens with two attached hydrogens (primary N) is 2. The van der Waals surface area contributed by atoms with Gasteiger partial charge in [-0.3, -0.25) is 9.78 Å². The molecule has 9 heteroatoms. The Bertz CT molecular complexity index is 976. The van der Waals surface area contributed by atoms with E-state index in [-0.39, 0.29) is 17.6 Å². The lowest BCUT2D eigenvalue weighted by atomic mass is 10.1. The fourth-order valence-corrected chi connectivity index (χ4v) is 3.90. The van der Waals surface area contributed by atoms with Crippen LogP contribution in [0.1, 0.15) is 23.3 Å². The van der Waals surface area contributed by atoms with Crippen molar-refractivity contribution in [2.24, 2.45) is 5.73 Å². The molecule has 0 bridgehead atoms. The molecule has 0 radical (unpaired) electrons. The molecule has 28 heavy (non-hydrogen) atoms. The Hall–Kier alpha value is -3.04. The third-order valence-corrected chi connectivity index (χ3v) is 5.43.